The number of aromatic nitrogens is 1. The second-order valence-corrected chi connectivity index (χ2v) is 10.3. The number of carboxylic acid groups (broad SMARTS) is 2. The molecule has 13 heteroatoms. The monoisotopic (exact) mass is 581 g/mol. The molecule has 0 fully saturated rings. The molecule has 3 aromatic rings. The van der Waals surface area contributed by atoms with Crippen molar-refractivity contribution >= 4 is 40.6 Å². The third kappa shape index (κ3) is 8.54. The Morgan fingerprint density at radius 2 is 1.48 bits per heavy atom. The highest BCUT2D eigenvalue weighted by Crippen LogP contribution is 2.19. The maximum Gasteiger partial charge on any atom is 0.326 e. The Hall–Kier alpha value is -4.91. The summed E-state index contributed by atoms with van der Waals surface area (Å²) in [6.45, 7) is 3.29. The van der Waals surface area contributed by atoms with Gasteiger partial charge in [0.05, 0.1) is 12.5 Å². The Kier molecular flexibility index (Phi) is 10.6. The van der Waals surface area contributed by atoms with Crippen LogP contribution >= 0.6 is 0 Å². The van der Waals surface area contributed by atoms with Gasteiger partial charge in [0.25, 0.3) is 0 Å². The second kappa shape index (κ2) is 14.1. The average molecular weight is 582 g/mol. The molecule has 0 radical (unpaired) electrons. The van der Waals surface area contributed by atoms with Crippen LogP contribution in [0.1, 0.15) is 31.4 Å². The lowest BCUT2D eigenvalue weighted by Gasteiger charge is -2.26. The van der Waals surface area contributed by atoms with Crippen LogP contribution in [0, 0.1) is 5.92 Å². The Bertz CT molecular complexity index is 1440. The number of nitrogens with one attached hydrogen (secondary N) is 4. The number of carbonyl (C=O) groups is 5. The van der Waals surface area contributed by atoms with E-state index in [0.717, 1.165) is 10.9 Å². The Labute approximate surface area is 241 Å². The van der Waals surface area contributed by atoms with E-state index in [9.17, 15) is 39.3 Å². The molecule has 42 heavy (non-hydrogen) atoms. The van der Waals surface area contributed by atoms with Crippen LogP contribution in [0.4, 0.5) is 0 Å². The lowest BCUT2D eigenvalue weighted by Crippen LogP contribution is -2.59. The van der Waals surface area contributed by atoms with Crippen molar-refractivity contribution in [2.45, 2.75) is 57.3 Å². The molecule has 13 nitrogen and oxygen atoms in total. The number of amides is 3. The van der Waals surface area contributed by atoms with E-state index in [4.69, 9.17) is 5.73 Å². The number of rotatable bonds is 14. The van der Waals surface area contributed by atoms with Crippen LogP contribution in [-0.2, 0) is 36.8 Å². The first-order chi connectivity index (χ1) is 19.8. The summed E-state index contributed by atoms with van der Waals surface area (Å²) in [7, 11) is 0. The number of nitrogens with two attached hydrogens (primary N) is 1. The number of para-hydroxylation sites is 1. The van der Waals surface area contributed by atoms with Gasteiger partial charge in [0.2, 0.25) is 17.7 Å². The zero-order chi connectivity index (χ0) is 31.0. The number of aromatic amines is 1. The van der Waals surface area contributed by atoms with E-state index in [1.807, 2.05) is 12.1 Å². The lowest BCUT2D eigenvalue weighted by molar-refractivity contribution is -0.143. The van der Waals surface area contributed by atoms with Gasteiger partial charge in [-0.2, -0.15) is 0 Å². The number of H-pyrrole nitrogens is 1. The SMILES string of the molecule is CC(C)C(NC(=O)C(N)Cc1ccc(O)cc1)C(=O)NC(CC(=O)O)C(=O)NC(Cc1c[nH]c2ccccc12)C(=O)O. The van der Waals surface area contributed by atoms with Crippen LogP contribution < -0.4 is 21.7 Å². The molecule has 1 heterocycles. The minimum Gasteiger partial charge on any atom is -0.508 e. The molecule has 4 unspecified atom stereocenters. The van der Waals surface area contributed by atoms with Gasteiger partial charge in [-0.15, -0.1) is 0 Å². The highest BCUT2D eigenvalue weighted by atomic mass is 16.4. The molecule has 3 rings (SSSR count). The summed E-state index contributed by atoms with van der Waals surface area (Å²) in [6.07, 6.45) is 0.833. The van der Waals surface area contributed by atoms with Crippen LogP contribution in [0.3, 0.4) is 0 Å². The summed E-state index contributed by atoms with van der Waals surface area (Å²) in [5.41, 5.74) is 8.11. The standard InChI is InChI=1S/C29H35N5O8/c1-15(2)25(34-26(38)20(30)11-16-7-9-18(35)10-8-16)28(40)32-22(13-24(36)37)27(39)33-23(29(41)42)12-17-14-31-21-6-4-3-5-19(17)21/h3-10,14-15,20,22-23,25,31,35H,11-13,30H2,1-2H3,(H,32,40)(H,33,39)(H,34,38)(H,36,37)(H,41,42). The fraction of sp³-hybridized carbons (Fsp3) is 0.345. The molecular weight excluding hydrogens is 546 g/mol. The predicted molar refractivity (Wildman–Crippen MR) is 152 cm³/mol. The van der Waals surface area contributed by atoms with Crippen LogP contribution in [-0.4, -0.2) is 74.1 Å². The second-order valence-electron chi connectivity index (χ2n) is 10.3. The average Bonchev–Trinajstić information content (AvgIpc) is 3.34. The molecule has 0 saturated carbocycles. The van der Waals surface area contributed by atoms with Gasteiger partial charge in [0.15, 0.2) is 0 Å². The molecule has 0 bridgehead atoms. The normalized spacial score (nSPS) is 14.0. The Morgan fingerprint density at radius 3 is 2.10 bits per heavy atom. The maximum atomic E-state index is 13.2. The van der Waals surface area contributed by atoms with E-state index >= 15 is 0 Å². The molecule has 0 aliphatic heterocycles. The van der Waals surface area contributed by atoms with Gasteiger partial charge in [0, 0.05) is 23.5 Å². The van der Waals surface area contributed by atoms with Crippen molar-refractivity contribution in [1.82, 2.24) is 20.9 Å². The van der Waals surface area contributed by atoms with Gasteiger partial charge >= 0.3 is 11.9 Å². The fourth-order valence-electron chi connectivity index (χ4n) is 4.41. The van der Waals surface area contributed by atoms with Gasteiger partial charge in [-0.05, 0) is 41.7 Å². The first-order valence-electron chi connectivity index (χ1n) is 13.3. The first kappa shape index (κ1) is 31.6. The number of carbonyl (C=O) groups excluding carboxylic acids is 3. The zero-order valence-corrected chi connectivity index (χ0v) is 23.2. The van der Waals surface area contributed by atoms with Gasteiger partial charge in [-0.25, -0.2) is 4.79 Å². The zero-order valence-electron chi connectivity index (χ0n) is 23.2. The van der Waals surface area contributed by atoms with E-state index in [2.05, 4.69) is 20.9 Å². The largest absolute Gasteiger partial charge is 0.508 e. The van der Waals surface area contributed by atoms with Crippen molar-refractivity contribution in [3.05, 3.63) is 65.9 Å². The van der Waals surface area contributed by atoms with E-state index < -0.39 is 66.2 Å². The topological polar surface area (TPSA) is 224 Å². The molecule has 3 amide bonds. The molecule has 224 valence electrons. The highest BCUT2D eigenvalue weighted by molar-refractivity contribution is 5.96. The van der Waals surface area contributed by atoms with E-state index in [1.165, 1.54) is 12.1 Å². The van der Waals surface area contributed by atoms with Crippen molar-refractivity contribution in [2.24, 2.45) is 11.7 Å². The molecule has 0 aliphatic rings. The van der Waals surface area contributed by atoms with Gasteiger partial charge in [-0.3, -0.25) is 19.2 Å². The molecule has 0 saturated heterocycles. The van der Waals surface area contributed by atoms with E-state index in [-0.39, 0.29) is 18.6 Å². The Morgan fingerprint density at radius 1 is 0.833 bits per heavy atom. The molecule has 2 aromatic carbocycles. The number of aliphatic carboxylic acids is 2. The maximum absolute atomic E-state index is 13.2. The van der Waals surface area contributed by atoms with Gasteiger partial charge in [0.1, 0.15) is 23.9 Å². The van der Waals surface area contributed by atoms with E-state index in [0.29, 0.717) is 11.1 Å². The van der Waals surface area contributed by atoms with E-state index in [1.54, 1.807) is 44.3 Å². The van der Waals surface area contributed by atoms with Crippen molar-refractivity contribution in [2.75, 3.05) is 0 Å². The number of phenols is 1. The van der Waals surface area contributed by atoms with Gasteiger partial charge in [-0.1, -0.05) is 44.2 Å². The molecule has 1 aromatic heterocycles. The number of fused-ring (bicyclic) bond motifs is 1. The molecule has 9 N–H and O–H groups in total. The number of carboxylic acids is 2. The third-order valence-electron chi connectivity index (χ3n) is 6.70. The van der Waals surface area contributed by atoms with Crippen LogP contribution in [0.5, 0.6) is 5.75 Å². The number of hydrogen-bond donors (Lipinski definition) is 8. The first-order valence-corrected chi connectivity index (χ1v) is 13.3. The lowest BCUT2D eigenvalue weighted by atomic mass is 10.0. The Balaban J connectivity index is 1.69. The van der Waals surface area contributed by atoms with Crippen molar-refractivity contribution < 1.29 is 39.3 Å². The summed E-state index contributed by atoms with van der Waals surface area (Å²) in [6, 6.07) is 8.08. The summed E-state index contributed by atoms with van der Waals surface area (Å²) in [5.74, 6) is -5.65. The predicted octanol–water partition coefficient (Wildman–Crippen LogP) is 0.656. The summed E-state index contributed by atoms with van der Waals surface area (Å²) in [5, 5.41) is 36.6. The molecular formula is C29H35N5O8. The minimum absolute atomic E-state index is 0.0564. The van der Waals surface area contributed by atoms with Crippen molar-refractivity contribution in [3.8, 4) is 5.75 Å². The molecule has 4 atom stereocenters. The third-order valence-corrected chi connectivity index (χ3v) is 6.70. The van der Waals surface area contributed by atoms with Crippen LogP contribution in [0.15, 0.2) is 54.7 Å². The smallest absolute Gasteiger partial charge is 0.326 e. The van der Waals surface area contributed by atoms with Crippen molar-refractivity contribution in [1.29, 1.82) is 0 Å². The quantitative estimate of drug-likeness (QED) is 0.134. The minimum atomic E-state index is -1.62. The fourth-order valence-corrected chi connectivity index (χ4v) is 4.41. The molecule has 0 aliphatic carbocycles. The van der Waals surface area contributed by atoms with Crippen molar-refractivity contribution in [3.63, 3.8) is 0 Å². The summed E-state index contributed by atoms with van der Waals surface area (Å²) >= 11 is 0. The van der Waals surface area contributed by atoms with Crippen LogP contribution in [0.25, 0.3) is 10.9 Å². The van der Waals surface area contributed by atoms with Gasteiger partial charge < -0.3 is 42.0 Å². The van der Waals surface area contributed by atoms with Crippen LogP contribution in [0.2, 0.25) is 0 Å². The molecule has 0 spiro atoms. The number of phenolic OH excluding ortho intramolecular Hbond substituents is 1. The number of benzene rings is 2. The summed E-state index contributed by atoms with van der Waals surface area (Å²) in [4.78, 5) is 65.6. The highest BCUT2D eigenvalue weighted by Gasteiger charge is 2.33. The number of aromatic hydroxyl groups is 1. The summed E-state index contributed by atoms with van der Waals surface area (Å²) < 4.78 is 0. The number of hydrogen-bond acceptors (Lipinski definition) is 7.